The Morgan fingerprint density at radius 1 is 1.27 bits per heavy atom. The first-order chi connectivity index (χ1) is 6.75. The second-order valence-corrected chi connectivity index (χ2v) is 2.73. The summed E-state index contributed by atoms with van der Waals surface area (Å²) < 4.78 is 0. The predicted octanol–water partition coefficient (Wildman–Crippen LogP) is 0.836. The van der Waals surface area contributed by atoms with Gasteiger partial charge in [0.05, 0.1) is 11.4 Å². The molecule has 0 radical (unpaired) electrons. The van der Waals surface area contributed by atoms with Gasteiger partial charge in [-0.2, -0.15) is 0 Å². The van der Waals surface area contributed by atoms with Gasteiger partial charge in [-0.25, -0.2) is 4.98 Å². The number of rotatable bonds is 1. The molecule has 2 rings (SSSR count). The average molecular weight is 225 g/mol. The molecule has 0 fully saturated rings. The van der Waals surface area contributed by atoms with Gasteiger partial charge >= 0.3 is 0 Å². The van der Waals surface area contributed by atoms with E-state index in [9.17, 15) is 4.79 Å². The zero-order valence-corrected chi connectivity index (χ0v) is 8.49. The van der Waals surface area contributed by atoms with Gasteiger partial charge in [-0.3, -0.25) is 14.8 Å². The highest BCUT2D eigenvalue weighted by molar-refractivity contribution is 5.85. The minimum Gasteiger partial charge on any atom is -0.369 e. The number of H-pyrrole nitrogens is 1. The van der Waals surface area contributed by atoms with Crippen LogP contribution in [0, 0.1) is 0 Å². The number of pyridine rings is 1. The number of halogens is 1. The Kier molecular flexibility index (Phi) is 3.41. The van der Waals surface area contributed by atoms with Gasteiger partial charge in [-0.05, 0) is 12.1 Å². The van der Waals surface area contributed by atoms with E-state index in [1.165, 1.54) is 6.07 Å². The molecule has 2 aromatic heterocycles. The van der Waals surface area contributed by atoms with Crippen LogP contribution in [0.5, 0.6) is 0 Å². The van der Waals surface area contributed by atoms with Crippen LogP contribution in [0.1, 0.15) is 0 Å². The number of aromatic amines is 1. The van der Waals surface area contributed by atoms with Crippen molar-refractivity contribution in [3.05, 3.63) is 40.8 Å². The second kappa shape index (κ2) is 4.56. The summed E-state index contributed by atoms with van der Waals surface area (Å²) in [5, 5.41) is 0. The van der Waals surface area contributed by atoms with E-state index in [-0.39, 0.29) is 23.9 Å². The monoisotopic (exact) mass is 224 g/mol. The van der Waals surface area contributed by atoms with Crippen LogP contribution in [-0.4, -0.2) is 15.0 Å². The van der Waals surface area contributed by atoms with Crippen molar-refractivity contribution >= 4 is 18.4 Å². The number of aromatic nitrogens is 3. The molecular weight excluding hydrogens is 216 g/mol. The molecule has 5 nitrogen and oxygen atoms in total. The highest BCUT2D eigenvalue weighted by atomic mass is 35.5. The molecule has 0 saturated heterocycles. The molecule has 0 unspecified atom stereocenters. The van der Waals surface area contributed by atoms with E-state index in [4.69, 9.17) is 5.73 Å². The van der Waals surface area contributed by atoms with E-state index in [0.717, 1.165) is 0 Å². The molecule has 15 heavy (non-hydrogen) atoms. The smallest absolute Gasteiger partial charge is 0.252 e. The summed E-state index contributed by atoms with van der Waals surface area (Å²) in [6.07, 6.45) is 1.63. The van der Waals surface area contributed by atoms with E-state index in [2.05, 4.69) is 15.0 Å². The maximum Gasteiger partial charge on any atom is 0.252 e. The number of nitrogens with one attached hydrogen (secondary N) is 1. The standard InChI is InChI=1S/C9H8N4O.ClH/c10-9-12-7(5-8(14)13-9)6-3-1-2-4-11-6;/h1-5H,(H3,10,12,13,14);1H. The quantitative estimate of drug-likeness (QED) is 0.752. The summed E-state index contributed by atoms with van der Waals surface area (Å²) in [6.45, 7) is 0. The van der Waals surface area contributed by atoms with Gasteiger partial charge in [0.15, 0.2) is 0 Å². The van der Waals surface area contributed by atoms with Crippen LogP contribution in [0.2, 0.25) is 0 Å². The number of hydrogen-bond acceptors (Lipinski definition) is 4. The lowest BCUT2D eigenvalue weighted by molar-refractivity contribution is 1.13. The van der Waals surface area contributed by atoms with Gasteiger partial charge in [0, 0.05) is 12.3 Å². The van der Waals surface area contributed by atoms with Gasteiger partial charge in [0.25, 0.3) is 5.56 Å². The fraction of sp³-hybridized carbons (Fsp3) is 0. The number of nitrogen functional groups attached to an aromatic ring is 1. The molecule has 0 aromatic carbocycles. The average Bonchev–Trinajstić information content (AvgIpc) is 2.18. The van der Waals surface area contributed by atoms with Crippen LogP contribution in [0.3, 0.4) is 0 Å². The first-order valence-electron chi connectivity index (χ1n) is 4.04. The van der Waals surface area contributed by atoms with Crippen LogP contribution in [0.25, 0.3) is 11.4 Å². The van der Waals surface area contributed by atoms with E-state index in [1.807, 2.05) is 6.07 Å². The van der Waals surface area contributed by atoms with Crippen molar-refractivity contribution < 1.29 is 0 Å². The van der Waals surface area contributed by atoms with Gasteiger partial charge < -0.3 is 5.73 Å². The molecule has 0 aliphatic carbocycles. The van der Waals surface area contributed by atoms with Gasteiger partial charge in [-0.15, -0.1) is 12.4 Å². The van der Waals surface area contributed by atoms with Crippen molar-refractivity contribution in [3.8, 4) is 11.4 Å². The molecule has 6 heteroatoms. The minimum atomic E-state index is -0.279. The Bertz CT molecular complexity index is 497. The van der Waals surface area contributed by atoms with Crippen LogP contribution in [-0.2, 0) is 0 Å². The maximum atomic E-state index is 11.1. The topological polar surface area (TPSA) is 84.7 Å². The predicted molar refractivity (Wildman–Crippen MR) is 59.7 cm³/mol. The lowest BCUT2D eigenvalue weighted by Crippen LogP contribution is -2.10. The van der Waals surface area contributed by atoms with Crippen molar-refractivity contribution in [2.24, 2.45) is 0 Å². The summed E-state index contributed by atoms with van der Waals surface area (Å²) in [7, 11) is 0. The third-order valence-electron chi connectivity index (χ3n) is 1.69. The molecule has 0 aliphatic rings. The fourth-order valence-electron chi connectivity index (χ4n) is 1.12. The normalized spacial score (nSPS) is 9.33. The van der Waals surface area contributed by atoms with E-state index in [0.29, 0.717) is 11.4 Å². The van der Waals surface area contributed by atoms with Gasteiger partial charge in [0.2, 0.25) is 5.95 Å². The lowest BCUT2D eigenvalue weighted by atomic mass is 10.2. The van der Waals surface area contributed by atoms with E-state index in [1.54, 1.807) is 18.3 Å². The molecular formula is C9H9ClN4O. The second-order valence-electron chi connectivity index (χ2n) is 2.73. The summed E-state index contributed by atoms with van der Waals surface area (Å²) in [6, 6.07) is 6.74. The van der Waals surface area contributed by atoms with Gasteiger partial charge in [0.1, 0.15) is 0 Å². The first kappa shape index (κ1) is 11.2. The minimum absolute atomic E-state index is 0. The number of hydrogen-bond donors (Lipinski definition) is 2. The Balaban J connectivity index is 0.00000112. The van der Waals surface area contributed by atoms with Gasteiger partial charge in [-0.1, -0.05) is 6.07 Å². The van der Waals surface area contributed by atoms with Crippen LogP contribution in [0.4, 0.5) is 5.95 Å². The van der Waals surface area contributed by atoms with Crippen molar-refractivity contribution in [3.63, 3.8) is 0 Å². The van der Waals surface area contributed by atoms with Crippen LogP contribution >= 0.6 is 12.4 Å². The zero-order chi connectivity index (χ0) is 9.97. The highest BCUT2D eigenvalue weighted by Crippen LogP contribution is 2.10. The molecule has 0 atom stereocenters. The van der Waals surface area contributed by atoms with Crippen molar-refractivity contribution in [2.45, 2.75) is 0 Å². The van der Waals surface area contributed by atoms with Crippen LogP contribution in [0.15, 0.2) is 35.3 Å². The Labute approximate surface area is 91.8 Å². The molecule has 0 aliphatic heterocycles. The Morgan fingerprint density at radius 3 is 2.67 bits per heavy atom. The first-order valence-corrected chi connectivity index (χ1v) is 4.04. The van der Waals surface area contributed by atoms with Crippen LogP contribution < -0.4 is 11.3 Å². The highest BCUT2D eigenvalue weighted by Gasteiger charge is 2.01. The lowest BCUT2D eigenvalue weighted by Gasteiger charge is -1.98. The van der Waals surface area contributed by atoms with Crippen molar-refractivity contribution in [1.82, 2.24) is 15.0 Å². The summed E-state index contributed by atoms with van der Waals surface area (Å²) in [5.74, 6) is 0.0955. The molecule has 2 aromatic rings. The molecule has 0 amide bonds. The molecule has 0 saturated carbocycles. The van der Waals surface area contributed by atoms with E-state index < -0.39 is 0 Å². The number of anilines is 1. The fourth-order valence-corrected chi connectivity index (χ4v) is 1.12. The van der Waals surface area contributed by atoms with Crippen molar-refractivity contribution in [2.75, 3.05) is 5.73 Å². The zero-order valence-electron chi connectivity index (χ0n) is 7.68. The van der Waals surface area contributed by atoms with Crippen molar-refractivity contribution in [1.29, 1.82) is 0 Å². The molecule has 3 N–H and O–H groups in total. The maximum absolute atomic E-state index is 11.1. The molecule has 0 spiro atoms. The summed E-state index contributed by atoms with van der Waals surface area (Å²) in [4.78, 5) is 21.5. The molecule has 2 heterocycles. The summed E-state index contributed by atoms with van der Waals surface area (Å²) in [5.41, 5.74) is 6.23. The molecule has 78 valence electrons. The van der Waals surface area contributed by atoms with E-state index >= 15 is 0 Å². The number of nitrogens with zero attached hydrogens (tertiary/aromatic N) is 2. The Hall–Kier alpha value is -1.88. The largest absolute Gasteiger partial charge is 0.369 e. The third kappa shape index (κ3) is 2.54. The molecule has 0 bridgehead atoms. The summed E-state index contributed by atoms with van der Waals surface area (Å²) >= 11 is 0. The number of nitrogens with two attached hydrogens (primary N) is 1. The Morgan fingerprint density at radius 2 is 2.07 bits per heavy atom. The third-order valence-corrected chi connectivity index (χ3v) is 1.69. The SMILES string of the molecule is Cl.Nc1nc(-c2ccccn2)cc(=O)[nH]1.